The van der Waals surface area contributed by atoms with Crippen molar-refractivity contribution in [1.29, 1.82) is 5.26 Å². The van der Waals surface area contributed by atoms with Gasteiger partial charge in [0.05, 0.1) is 18.7 Å². The fourth-order valence-electron chi connectivity index (χ4n) is 2.53. The Bertz CT molecular complexity index is 1240. The summed E-state index contributed by atoms with van der Waals surface area (Å²) in [5.74, 6) is -1.65. The summed E-state index contributed by atoms with van der Waals surface area (Å²) in [6.45, 7) is 0. The molecule has 31 heavy (non-hydrogen) atoms. The monoisotopic (exact) mass is 471 g/mol. The standard InChI is InChI=1S/C18H10Cl2F3N5O3/c1-30-16-9(7-25-17(20)28-16)4-12-26-14(18(21,22)23)13(15(29)27-12)31-11-3-8(6-24)2-10(19)5-11/h2-3,5,7H,4H2,1H3,(H,26,27,29). The normalized spacial score (nSPS) is 11.1. The molecule has 0 saturated carbocycles. The van der Waals surface area contributed by atoms with Crippen molar-refractivity contribution in [2.75, 3.05) is 7.11 Å². The van der Waals surface area contributed by atoms with Gasteiger partial charge < -0.3 is 14.5 Å². The van der Waals surface area contributed by atoms with E-state index >= 15 is 0 Å². The Morgan fingerprint density at radius 2 is 1.97 bits per heavy atom. The van der Waals surface area contributed by atoms with Crippen molar-refractivity contribution >= 4 is 23.2 Å². The molecule has 0 fully saturated rings. The van der Waals surface area contributed by atoms with E-state index in [0.29, 0.717) is 0 Å². The van der Waals surface area contributed by atoms with Crippen LogP contribution in [0.25, 0.3) is 0 Å². The van der Waals surface area contributed by atoms with Crippen molar-refractivity contribution in [3.63, 3.8) is 0 Å². The summed E-state index contributed by atoms with van der Waals surface area (Å²) in [6, 6.07) is 5.36. The van der Waals surface area contributed by atoms with E-state index in [-0.39, 0.29) is 45.3 Å². The highest BCUT2D eigenvalue weighted by molar-refractivity contribution is 6.30. The number of alkyl halides is 3. The molecule has 0 aliphatic rings. The lowest BCUT2D eigenvalue weighted by atomic mass is 10.2. The summed E-state index contributed by atoms with van der Waals surface area (Å²) >= 11 is 11.5. The van der Waals surface area contributed by atoms with Crippen LogP contribution in [-0.4, -0.2) is 27.0 Å². The summed E-state index contributed by atoms with van der Waals surface area (Å²) in [7, 11) is 1.29. The zero-order valence-corrected chi connectivity index (χ0v) is 16.9. The number of hydrogen-bond donors (Lipinski definition) is 1. The molecule has 1 N–H and O–H groups in total. The van der Waals surface area contributed by atoms with E-state index in [1.165, 1.54) is 19.4 Å². The van der Waals surface area contributed by atoms with Gasteiger partial charge in [0, 0.05) is 23.2 Å². The Hall–Kier alpha value is -3.36. The zero-order chi connectivity index (χ0) is 22.8. The van der Waals surface area contributed by atoms with Crippen LogP contribution < -0.4 is 15.0 Å². The maximum atomic E-state index is 13.6. The Morgan fingerprint density at radius 3 is 2.61 bits per heavy atom. The average molecular weight is 472 g/mol. The number of nitriles is 1. The first-order chi connectivity index (χ1) is 14.6. The number of hydrogen-bond acceptors (Lipinski definition) is 7. The quantitative estimate of drug-likeness (QED) is 0.555. The molecule has 0 radical (unpaired) electrons. The molecule has 0 bridgehead atoms. The summed E-state index contributed by atoms with van der Waals surface area (Å²) in [5, 5.41) is 8.89. The first-order valence-corrected chi connectivity index (χ1v) is 9.00. The van der Waals surface area contributed by atoms with Crippen LogP contribution >= 0.6 is 23.2 Å². The largest absolute Gasteiger partial charge is 0.481 e. The molecule has 0 spiro atoms. The fourth-order valence-corrected chi connectivity index (χ4v) is 2.88. The van der Waals surface area contributed by atoms with Gasteiger partial charge in [-0.3, -0.25) is 4.79 Å². The second-order valence-electron chi connectivity index (χ2n) is 5.93. The fraction of sp³-hybridized carbons (Fsp3) is 0.167. The van der Waals surface area contributed by atoms with Crippen molar-refractivity contribution in [1.82, 2.24) is 19.9 Å². The topological polar surface area (TPSA) is 114 Å². The number of benzene rings is 1. The van der Waals surface area contributed by atoms with Crippen LogP contribution in [0.2, 0.25) is 10.3 Å². The second kappa shape index (κ2) is 8.79. The van der Waals surface area contributed by atoms with Gasteiger partial charge in [-0.15, -0.1) is 0 Å². The van der Waals surface area contributed by atoms with E-state index in [1.54, 1.807) is 6.07 Å². The molecule has 0 aliphatic carbocycles. The molecule has 0 aliphatic heterocycles. The van der Waals surface area contributed by atoms with Crippen molar-refractivity contribution in [2.45, 2.75) is 12.6 Å². The van der Waals surface area contributed by atoms with Crippen LogP contribution in [0.15, 0.2) is 29.2 Å². The minimum atomic E-state index is -5.02. The lowest BCUT2D eigenvalue weighted by Crippen LogP contribution is -2.22. The number of rotatable bonds is 5. The van der Waals surface area contributed by atoms with Crippen molar-refractivity contribution in [3.8, 4) is 23.4 Å². The number of nitrogens with one attached hydrogen (secondary N) is 1. The maximum absolute atomic E-state index is 13.6. The molecule has 0 amide bonds. The van der Waals surface area contributed by atoms with Crippen LogP contribution in [0.3, 0.4) is 0 Å². The molecule has 0 atom stereocenters. The van der Waals surface area contributed by atoms with E-state index in [1.807, 2.05) is 0 Å². The minimum absolute atomic E-state index is 0.0134. The highest BCUT2D eigenvalue weighted by atomic mass is 35.5. The number of H-pyrrole nitrogens is 1. The van der Waals surface area contributed by atoms with Gasteiger partial charge in [0.25, 0.3) is 5.56 Å². The predicted octanol–water partition coefficient (Wildman–Crippen LogP) is 4.15. The summed E-state index contributed by atoms with van der Waals surface area (Å²) in [4.78, 5) is 25.7. The summed E-state index contributed by atoms with van der Waals surface area (Å²) in [6.07, 6.45) is -4.06. The molecule has 0 unspecified atom stereocenters. The Labute approximate surface area is 182 Å². The van der Waals surface area contributed by atoms with Gasteiger partial charge >= 0.3 is 6.18 Å². The van der Waals surface area contributed by atoms with Crippen LogP contribution in [0, 0.1) is 11.3 Å². The van der Waals surface area contributed by atoms with Crippen molar-refractivity contribution in [2.24, 2.45) is 0 Å². The number of aromatic nitrogens is 4. The van der Waals surface area contributed by atoms with E-state index in [2.05, 4.69) is 19.9 Å². The van der Waals surface area contributed by atoms with Crippen molar-refractivity contribution < 1.29 is 22.6 Å². The van der Waals surface area contributed by atoms with Gasteiger partial charge in [0.15, 0.2) is 5.69 Å². The van der Waals surface area contributed by atoms with Crippen molar-refractivity contribution in [3.05, 3.63) is 67.7 Å². The van der Waals surface area contributed by atoms with Gasteiger partial charge in [-0.2, -0.15) is 23.4 Å². The molecular weight excluding hydrogens is 462 g/mol. The number of nitrogens with zero attached hydrogens (tertiary/aromatic N) is 4. The number of ether oxygens (including phenoxy) is 2. The summed E-state index contributed by atoms with van der Waals surface area (Å²) in [5.41, 5.74) is -2.47. The lowest BCUT2D eigenvalue weighted by Gasteiger charge is -2.14. The van der Waals surface area contributed by atoms with Gasteiger partial charge in [-0.1, -0.05) is 11.6 Å². The van der Waals surface area contributed by atoms with Crippen LogP contribution in [0.1, 0.15) is 22.6 Å². The molecule has 2 aromatic heterocycles. The SMILES string of the molecule is COc1nc(Cl)ncc1Cc1nc(C(F)(F)F)c(Oc2cc(Cl)cc(C#N)c2)c(=O)[nH]1. The first-order valence-electron chi connectivity index (χ1n) is 8.25. The second-order valence-corrected chi connectivity index (χ2v) is 6.70. The van der Waals surface area contributed by atoms with Gasteiger partial charge in [-0.25, -0.2) is 9.97 Å². The smallest absolute Gasteiger partial charge is 0.437 e. The predicted molar refractivity (Wildman–Crippen MR) is 103 cm³/mol. The van der Waals surface area contributed by atoms with Crippen LogP contribution in [0.5, 0.6) is 17.4 Å². The molecule has 1 aromatic carbocycles. The van der Waals surface area contributed by atoms with Crippen LogP contribution in [0.4, 0.5) is 13.2 Å². The van der Waals surface area contributed by atoms with E-state index < -0.39 is 23.2 Å². The molecule has 160 valence electrons. The Morgan fingerprint density at radius 1 is 1.23 bits per heavy atom. The van der Waals surface area contributed by atoms with E-state index in [0.717, 1.165) is 12.1 Å². The highest BCUT2D eigenvalue weighted by Crippen LogP contribution is 2.35. The highest BCUT2D eigenvalue weighted by Gasteiger charge is 2.39. The van der Waals surface area contributed by atoms with Gasteiger partial charge in [0.1, 0.15) is 11.6 Å². The molecule has 13 heteroatoms. The lowest BCUT2D eigenvalue weighted by molar-refractivity contribution is -0.142. The molecule has 8 nitrogen and oxygen atoms in total. The molecule has 0 saturated heterocycles. The number of methoxy groups -OCH3 is 1. The van der Waals surface area contributed by atoms with Crippen LogP contribution in [-0.2, 0) is 12.6 Å². The number of halogens is 5. The van der Waals surface area contributed by atoms with E-state index in [9.17, 15) is 18.0 Å². The van der Waals surface area contributed by atoms with Gasteiger partial charge in [-0.05, 0) is 29.8 Å². The zero-order valence-electron chi connectivity index (χ0n) is 15.4. The molecule has 2 heterocycles. The first kappa shape index (κ1) is 22.3. The Balaban J connectivity index is 2.06. The maximum Gasteiger partial charge on any atom is 0.437 e. The minimum Gasteiger partial charge on any atom is -0.481 e. The third-order valence-corrected chi connectivity index (χ3v) is 4.16. The average Bonchev–Trinajstić information content (AvgIpc) is 2.69. The van der Waals surface area contributed by atoms with Gasteiger partial charge in [0.2, 0.25) is 16.9 Å². The number of aromatic amines is 1. The third-order valence-electron chi connectivity index (χ3n) is 3.76. The summed E-state index contributed by atoms with van der Waals surface area (Å²) < 4.78 is 51.0. The Kier molecular flexibility index (Phi) is 6.33. The molecular formula is C18H10Cl2F3N5O3. The van der Waals surface area contributed by atoms with E-state index in [4.69, 9.17) is 37.9 Å². The molecule has 3 aromatic rings. The molecule has 3 rings (SSSR count). The third kappa shape index (κ3) is 5.22.